The second kappa shape index (κ2) is 15.1. The molecule has 0 unspecified atom stereocenters. The summed E-state index contributed by atoms with van der Waals surface area (Å²) in [5.74, 6) is 0.0604. The molecule has 2 N–H and O–H groups in total. The molecule has 0 spiro atoms. The summed E-state index contributed by atoms with van der Waals surface area (Å²) in [4.78, 5) is 37.9. The molecule has 0 fully saturated rings. The second-order valence-corrected chi connectivity index (χ2v) is 9.93. The van der Waals surface area contributed by atoms with Gasteiger partial charge in [-0.3, -0.25) is 9.59 Å². The van der Waals surface area contributed by atoms with Crippen LogP contribution in [0.2, 0.25) is 0 Å². The number of halogens is 2. The average Bonchev–Trinajstić information content (AvgIpc) is 2.99. The van der Waals surface area contributed by atoms with Gasteiger partial charge < -0.3 is 33.7 Å². The zero-order valence-electron chi connectivity index (χ0n) is 23.2. The van der Waals surface area contributed by atoms with Crippen molar-refractivity contribution in [2.45, 2.75) is 0 Å². The number of esters is 1. The number of rotatable bonds is 12. The van der Waals surface area contributed by atoms with Crippen LogP contribution in [0.1, 0.15) is 26.3 Å². The van der Waals surface area contributed by atoms with Crippen molar-refractivity contribution in [2.24, 2.45) is 5.10 Å². The zero-order chi connectivity index (χ0) is 30.8. The molecule has 0 aromatic heterocycles. The molecule has 0 aliphatic heterocycles. The first-order valence-electron chi connectivity index (χ1n) is 12.0. The molecule has 0 aliphatic carbocycles. The van der Waals surface area contributed by atoms with Crippen LogP contribution < -0.4 is 39.2 Å². The van der Waals surface area contributed by atoms with E-state index in [0.717, 1.165) is 0 Å². The molecule has 3 aromatic rings. The number of benzene rings is 3. The Kier molecular flexibility index (Phi) is 11.6. The van der Waals surface area contributed by atoms with Crippen LogP contribution in [0.5, 0.6) is 34.5 Å². The summed E-state index contributed by atoms with van der Waals surface area (Å²) >= 11 is 6.78. The first-order valence-corrected chi connectivity index (χ1v) is 13.6. The van der Waals surface area contributed by atoms with E-state index in [4.69, 9.17) is 28.4 Å². The number of carbonyl (C=O) groups is 3. The fourth-order valence-electron chi connectivity index (χ4n) is 3.59. The lowest BCUT2D eigenvalue weighted by Crippen LogP contribution is -2.34. The molecule has 0 heterocycles. The lowest BCUT2D eigenvalue weighted by molar-refractivity contribution is -0.120. The van der Waals surface area contributed by atoms with Gasteiger partial charge in [-0.2, -0.15) is 5.10 Å². The van der Waals surface area contributed by atoms with Crippen LogP contribution in [0.15, 0.2) is 56.5 Å². The van der Waals surface area contributed by atoms with Crippen molar-refractivity contribution in [1.82, 2.24) is 10.7 Å². The van der Waals surface area contributed by atoms with E-state index < -0.39 is 17.8 Å². The van der Waals surface area contributed by atoms with E-state index in [2.05, 4.69) is 47.7 Å². The average molecular weight is 709 g/mol. The number of ether oxygens (including phenoxy) is 6. The monoisotopic (exact) mass is 707 g/mol. The van der Waals surface area contributed by atoms with Crippen LogP contribution in [0.25, 0.3) is 0 Å². The highest BCUT2D eigenvalue weighted by atomic mass is 79.9. The third-order valence-electron chi connectivity index (χ3n) is 5.58. The van der Waals surface area contributed by atoms with Crippen molar-refractivity contribution < 1.29 is 42.8 Å². The zero-order valence-corrected chi connectivity index (χ0v) is 26.4. The topological polar surface area (TPSA) is 143 Å². The minimum Gasteiger partial charge on any atom is -0.493 e. The second-order valence-electron chi connectivity index (χ2n) is 8.16. The minimum atomic E-state index is -0.714. The highest BCUT2D eigenvalue weighted by Crippen LogP contribution is 2.39. The lowest BCUT2D eigenvalue weighted by atomic mass is 10.1. The molecular weight excluding hydrogens is 682 g/mol. The Morgan fingerprint density at radius 1 is 0.762 bits per heavy atom. The van der Waals surface area contributed by atoms with E-state index in [1.54, 1.807) is 24.3 Å². The first-order chi connectivity index (χ1) is 20.1. The number of hydrogen-bond donors (Lipinski definition) is 2. The summed E-state index contributed by atoms with van der Waals surface area (Å²) in [5.41, 5.74) is 3.10. The predicted molar refractivity (Wildman–Crippen MR) is 161 cm³/mol. The highest BCUT2D eigenvalue weighted by Gasteiger charge is 2.21. The third-order valence-corrected chi connectivity index (χ3v) is 6.63. The predicted octanol–water partition coefficient (Wildman–Crippen LogP) is 4.35. The van der Waals surface area contributed by atoms with E-state index in [0.29, 0.717) is 31.8 Å². The Morgan fingerprint density at radius 3 is 1.98 bits per heavy atom. The van der Waals surface area contributed by atoms with E-state index >= 15 is 0 Å². The number of methoxy groups -OCH3 is 5. The summed E-state index contributed by atoms with van der Waals surface area (Å²) < 4.78 is 33.0. The van der Waals surface area contributed by atoms with Gasteiger partial charge in [0.2, 0.25) is 5.75 Å². The molecule has 2 amide bonds. The molecule has 0 bridgehead atoms. The van der Waals surface area contributed by atoms with Crippen LogP contribution >= 0.6 is 31.9 Å². The SMILES string of the molecule is COc1ccc(C(=O)NCC(=O)N/N=C\c2cc(Br)cc(Br)c2OC(=O)c2cc(OC)c(OC)c(OC)c2)cc1OC. The number of hydrazone groups is 1. The van der Waals surface area contributed by atoms with Crippen LogP contribution in [0.4, 0.5) is 0 Å². The van der Waals surface area contributed by atoms with E-state index in [-0.39, 0.29) is 34.9 Å². The lowest BCUT2D eigenvalue weighted by Gasteiger charge is -2.15. The van der Waals surface area contributed by atoms with Crippen LogP contribution in [-0.2, 0) is 4.79 Å². The van der Waals surface area contributed by atoms with Gasteiger partial charge in [-0.05, 0) is 58.4 Å². The summed E-state index contributed by atoms with van der Waals surface area (Å²) in [5, 5.41) is 6.44. The van der Waals surface area contributed by atoms with Gasteiger partial charge in [-0.1, -0.05) is 15.9 Å². The van der Waals surface area contributed by atoms with Gasteiger partial charge in [0.05, 0.1) is 58.3 Å². The third kappa shape index (κ3) is 7.91. The Balaban J connectivity index is 1.71. The molecule has 12 nitrogen and oxygen atoms in total. The quantitative estimate of drug-likeness (QED) is 0.122. The first kappa shape index (κ1) is 32.2. The van der Waals surface area contributed by atoms with Crippen molar-refractivity contribution in [3.05, 3.63) is 68.1 Å². The number of amides is 2. The maximum absolute atomic E-state index is 13.1. The van der Waals surface area contributed by atoms with Gasteiger partial charge in [0.15, 0.2) is 28.7 Å². The Hall–Kier alpha value is -4.30. The van der Waals surface area contributed by atoms with Gasteiger partial charge in [0.1, 0.15) is 0 Å². The molecule has 0 atom stereocenters. The van der Waals surface area contributed by atoms with Gasteiger partial charge in [0, 0.05) is 15.6 Å². The number of hydrogen-bond acceptors (Lipinski definition) is 10. The van der Waals surface area contributed by atoms with Crippen molar-refractivity contribution in [1.29, 1.82) is 0 Å². The molecule has 14 heteroatoms. The van der Waals surface area contributed by atoms with Gasteiger partial charge >= 0.3 is 5.97 Å². The number of nitrogens with zero attached hydrogens (tertiary/aromatic N) is 1. The summed E-state index contributed by atoms with van der Waals surface area (Å²) in [6.45, 7) is -0.352. The van der Waals surface area contributed by atoms with Crippen molar-refractivity contribution in [2.75, 3.05) is 42.1 Å². The Morgan fingerprint density at radius 2 is 1.38 bits per heavy atom. The van der Waals surface area contributed by atoms with Crippen LogP contribution in [0.3, 0.4) is 0 Å². The van der Waals surface area contributed by atoms with Gasteiger partial charge in [-0.15, -0.1) is 0 Å². The molecule has 0 saturated carbocycles. The van der Waals surface area contributed by atoms with Crippen LogP contribution in [0, 0.1) is 0 Å². The molecule has 3 rings (SSSR count). The molecule has 3 aromatic carbocycles. The minimum absolute atomic E-state index is 0.136. The molecule has 222 valence electrons. The molecule has 0 aliphatic rings. The Bertz CT molecular complexity index is 1490. The largest absolute Gasteiger partial charge is 0.493 e. The maximum Gasteiger partial charge on any atom is 0.343 e. The number of nitrogens with one attached hydrogen (secondary N) is 2. The van der Waals surface area contributed by atoms with Crippen molar-refractivity contribution in [3.8, 4) is 34.5 Å². The van der Waals surface area contributed by atoms with Crippen molar-refractivity contribution >= 4 is 55.9 Å². The van der Waals surface area contributed by atoms with Gasteiger partial charge in [0.25, 0.3) is 11.8 Å². The maximum atomic E-state index is 13.1. The highest BCUT2D eigenvalue weighted by molar-refractivity contribution is 9.11. The molecular formula is C28H27Br2N3O9. The molecule has 0 saturated heterocycles. The van der Waals surface area contributed by atoms with Gasteiger partial charge in [-0.25, -0.2) is 10.2 Å². The van der Waals surface area contributed by atoms with E-state index in [1.807, 2.05) is 0 Å². The summed E-state index contributed by atoms with van der Waals surface area (Å²) in [7, 11) is 7.25. The van der Waals surface area contributed by atoms with E-state index in [1.165, 1.54) is 60.0 Å². The normalized spacial score (nSPS) is 10.5. The number of carbonyl (C=O) groups excluding carboxylic acids is 3. The summed E-state index contributed by atoms with van der Waals surface area (Å²) in [6, 6.07) is 10.9. The standard InChI is InChI=1S/C28H27Br2N3O9/c1-37-20-7-6-15(9-21(20)38-2)27(35)31-14-24(34)33-32-13-17-8-18(29)12-19(30)25(17)42-28(36)16-10-22(39-3)26(41-5)23(11-16)40-4/h6-13H,14H2,1-5H3,(H,31,35)(H,33,34)/b32-13-. The fraction of sp³-hybridized carbons (Fsp3) is 0.214. The molecule has 42 heavy (non-hydrogen) atoms. The fourth-order valence-corrected chi connectivity index (χ4v) is 4.93. The van der Waals surface area contributed by atoms with Crippen LogP contribution in [-0.4, -0.2) is 66.1 Å². The van der Waals surface area contributed by atoms with E-state index in [9.17, 15) is 14.4 Å². The smallest absolute Gasteiger partial charge is 0.343 e. The Labute approximate surface area is 258 Å². The molecule has 0 radical (unpaired) electrons. The summed E-state index contributed by atoms with van der Waals surface area (Å²) in [6.07, 6.45) is 1.29. The van der Waals surface area contributed by atoms with Crippen molar-refractivity contribution in [3.63, 3.8) is 0 Å².